The van der Waals surface area contributed by atoms with Crippen molar-refractivity contribution in [1.29, 1.82) is 0 Å². The molecular formula is C14H17N3O2S. The molecular weight excluding hydrogens is 274 g/mol. The summed E-state index contributed by atoms with van der Waals surface area (Å²) < 4.78 is 0. The van der Waals surface area contributed by atoms with Crippen LogP contribution in [0.5, 0.6) is 0 Å². The Bertz CT molecular complexity index is 571. The van der Waals surface area contributed by atoms with Crippen LogP contribution in [0.15, 0.2) is 36.5 Å². The van der Waals surface area contributed by atoms with Gasteiger partial charge in [-0.05, 0) is 6.92 Å². The second kappa shape index (κ2) is 6.49. The molecule has 1 heterocycles. The molecule has 0 saturated heterocycles. The van der Waals surface area contributed by atoms with Gasteiger partial charge in [-0.1, -0.05) is 41.7 Å². The highest BCUT2D eigenvalue weighted by molar-refractivity contribution is 7.19. The van der Waals surface area contributed by atoms with E-state index in [2.05, 4.69) is 10.3 Å². The van der Waals surface area contributed by atoms with Gasteiger partial charge in [0.15, 0.2) is 0 Å². The predicted molar refractivity (Wildman–Crippen MR) is 80.9 cm³/mol. The lowest BCUT2D eigenvalue weighted by atomic mass is 10.2. The lowest BCUT2D eigenvalue weighted by Crippen LogP contribution is -2.39. The van der Waals surface area contributed by atoms with E-state index in [4.69, 9.17) is 5.11 Å². The normalized spacial score (nSPS) is 11.9. The summed E-state index contributed by atoms with van der Waals surface area (Å²) in [5.74, 6) is 0. The Morgan fingerprint density at radius 1 is 1.45 bits per heavy atom. The number of nitrogens with one attached hydrogen (secondary N) is 1. The van der Waals surface area contributed by atoms with Crippen molar-refractivity contribution in [1.82, 2.24) is 9.88 Å². The summed E-state index contributed by atoms with van der Waals surface area (Å²) >= 11 is 1.42. The van der Waals surface area contributed by atoms with Crippen molar-refractivity contribution >= 4 is 22.4 Å². The average Bonchev–Trinajstić information content (AvgIpc) is 2.95. The van der Waals surface area contributed by atoms with Crippen LogP contribution in [0.2, 0.25) is 0 Å². The fourth-order valence-corrected chi connectivity index (χ4v) is 2.37. The molecule has 0 radical (unpaired) electrons. The zero-order valence-corrected chi connectivity index (χ0v) is 12.2. The molecule has 2 rings (SSSR count). The first kappa shape index (κ1) is 14.5. The van der Waals surface area contributed by atoms with Gasteiger partial charge in [0.05, 0.1) is 18.8 Å². The minimum Gasteiger partial charge on any atom is -0.394 e. The van der Waals surface area contributed by atoms with Gasteiger partial charge in [0.2, 0.25) is 0 Å². The first-order valence-electron chi connectivity index (χ1n) is 6.27. The first-order chi connectivity index (χ1) is 9.61. The Morgan fingerprint density at radius 2 is 2.15 bits per heavy atom. The average molecular weight is 291 g/mol. The largest absolute Gasteiger partial charge is 0.394 e. The number of thiazole rings is 1. The number of hydrogen-bond donors (Lipinski definition) is 2. The van der Waals surface area contributed by atoms with Crippen LogP contribution in [0.25, 0.3) is 10.6 Å². The van der Waals surface area contributed by atoms with E-state index < -0.39 is 0 Å². The van der Waals surface area contributed by atoms with Gasteiger partial charge in [-0.2, -0.15) is 0 Å². The van der Waals surface area contributed by atoms with Crippen molar-refractivity contribution in [2.45, 2.75) is 13.0 Å². The number of nitrogens with zero attached hydrogens (tertiary/aromatic N) is 2. The van der Waals surface area contributed by atoms with E-state index in [1.165, 1.54) is 16.2 Å². The smallest absolute Gasteiger partial charge is 0.322 e. The number of aromatic nitrogens is 1. The lowest BCUT2D eigenvalue weighted by Gasteiger charge is -2.22. The van der Waals surface area contributed by atoms with Crippen LogP contribution in [0, 0.1) is 0 Å². The van der Waals surface area contributed by atoms with Crippen molar-refractivity contribution in [3.05, 3.63) is 36.5 Å². The Morgan fingerprint density at radius 3 is 2.80 bits per heavy atom. The van der Waals surface area contributed by atoms with Gasteiger partial charge in [-0.25, -0.2) is 9.78 Å². The molecule has 2 N–H and O–H groups in total. The molecule has 5 nitrogen and oxygen atoms in total. The number of carbonyl (C=O) groups excluding carboxylic acids is 1. The molecule has 0 aliphatic carbocycles. The molecule has 6 heteroatoms. The Hall–Kier alpha value is -1.92. The molecule has 20 heavy (non-hydrogen) atoms. The number of rotatable bonds is 4. The second-order valence-corrected chi connectivity index (χ2v) is 5.50. The van der Waals surface area contributed by atoms with Gasteiger partial charge in [0, 0.05) is 12.6 Å². The van der Waals surface area contributed by atoms with Gasteiger partial charge < -0.3 is 10.0 Å². The highest BCUT2D eigenvalue weighted by Gasteiger charge is 2.16. The zero-order valence-electron chi connectivity index (χ0n) is 11.4. The number of urea groups is 1. The van der Waals surface area contributed by atoms with Crippen molar-refractivity contribution in [3.8, 4) is 10.6 Å². The number of benzene rings is 1. The third kappa shape index (κ3) is 3.34. The number of aliphatic hydroxyl groups is 1. The number of hydrogen-bond acceptors (Lipinski definition) is 4. The molecule has 0 spiro atoms. The summed E-state index contributed by atoms with van der Waals surface area (Å²) in [6.45, 7) is 1.71. The molecule has 1 atom stereocenters. The molecule has 0 aliphatic heterocycles. The zero-order chi connectivity index (χ0) is 14.5. The maximum atomic E-state index is 11.9. The Kier molecular flexibility index (Phi) is 4.70. The maximum Gasteiger partial charge on any atom is 0.322 e. The molecule has 2 amide bonds. The monoisotopic (exact) mass is 291 g/mol. The number of anilines is 1. The topological polar surface area (TPSA) is 65.5 Å². The van der Waals surface area contributed by atoms with E-state index in [-0.39, 0.29) is 18.7 Å². The van der Waals surface area contributed by atoms with E-state index >= 15 is 0 Å². The summed E-state index contributed by atoms with van der Waals surface area (Å²) in [5, 5.41) is 13.4. The molecule has 0 fully saturated rings. The van der Waals surface area contributed by atoms with Gasteiger partial charge in [0.1, 0.15) is 10.0 Å². The van der Waals surface area contributed by atoms with Gasteiger partial charge >= 0.3 is 6.03 Å². The molecule has 0 aliphatic rings. The van der Waals surface area contributed by atoms with Crippen LogP contribution in [0.4, 0.5) is 9.80 Å². The van der Waals surface area contributed by atoms with Crippen molar-refractivity contribution in [2.75, 3.05) is 19.0 Å². The standard InChI is InChI=1S/C14H17N3O2S/c1-10(9-18)17(2)14(19)16-12-8-15-13(20-12)11-6-4-3-5-7-11/h3-8,10,18H,9H2,1-2H3,(H,16,19)/t10-/m1/s1. The maximum absolute atomic E-state index is 11.9. The number of aliphatic hydroxyl groups excluding tert-OH is 1. The van der Waals surface area contributed by atoms with E-state index in [1.807, 2.05) is 30.3 Å². The Labute approximate surface area is 121 Å². The second-order valence-electron chi connectivity index (χ2n) is 4.47. The third-order valence-electron chi connectivity index (χ3n) is 3.00. The number of amides is 2. The van der Waals surface area contributed by atoms with E-state index in [1.54, 1.807) is 20.2 Å². The van der Waals surface area contributed by atoms with Crippen LogP contribution in [-0.2, 0) is 0 Å². The van der Waals surface area contributed by atoms with Crippen LogP contribution in [0.3, 0.4) is 0 Å². The third-order valence-corrected chi connectivity index (χ3v) is 3.96. The molecule has 0 bridgehead atoms. The predicted octanol–water partition coefficient (Wildman–Crippen LogP) is 2.65. The minimum atomic E-state index is -0.255. The number of carbonyl (C=O) groups is 1. The van der Waals surface area contributed by atoms with Gasteiger partial charge in [-0.15, -0.1) is 0 Å². The fraction of sp³-hybridized carbons (Fsp3) is 0.286. The van der Waals surface area contributed by atoms with Crippen LogP contribution in [0.1, 0.15) is 6.92 Å². The summed E-state index contributed by atoms with van der Waals surface area (Å²) in [5.41, 5.74) is 1.02. The van der Waals surface area contributed by atoms with Crippen LogP contribution >= 0.6 is 11.3 Å². The summed E-state index contributed by atoms with van der Waals surface area (Å²) in [4.78, 5) is 17.7. The number of likely N-dealkylation sites (N-methyl/N-ethyl adjacent to an activating group) is 1. The Balaban J connectivity index is 2.05. The van der Waals surface area contributed by atoms with E-state index in [0.717, 1.165) is 10.6 Å². The first-order valence-corrected chi connectivity index (χ1v) is 7.09. The van der Waals surface area contributed by atoms with Gasteiger partial charge in [-0.3, -0.25) is 5.32 Å². The minimum absolute atomic E-state index is 0.0676. The van der Waals surface area contributed by atoms with Gasteiger partial charge in [0.25, 0.3) is 0 Å². The van der Waals surface area contributed by atoms with E-state index in [9.17, 15) is 4.79 Å². The molecule has 0 unspecified atom stereocenters. The van der Waals surface area contributed by atoms with Crippen molar-refractivity contribution < 1.29 is 9.90 Å². The molecule has 1 aromatic heterocycles. The molecule has 0 saturated carbocycles. The highest BCUT2D eigenvalue weighted by atomic mass is 32.1. The van der Waals surface area contributed by atoms with Crippen LogP contribution in [-0.4, -0.2) is 40.7 Å². The molecule has 106 valence electrons. The summed E-state index contributed by atoms with van der Waals surface area (Å²) in [6.07, 6.45) is 1.64. The van der Waals surface area contributed by atoms with Crippen molar-refractivity contribution in [3.63, 3.8) is 0 Å². The summed E-state index contributed by atoms with van der Waals surface area (Å²) in [7, 11) is 1.65. The summed E-state index contributed by atoms with van der Waals surface area (Å²) in [6, 6.07) is 9.32. The lowest BCUT2D eigenvalue weighted by molar-refractivity contribution is 0.166. The quantitative estimate of drug-likeness (QED) is 0.910. The van der Waals surface area contributed by atoms with Crippen molar-refractivity contribution in [2.24, 2.45) is 0 Å². The SMILES string of the molecule is C[C@H](CO)N(C)C(=O)Nc1cnc(-c2ccccc2)s1. The van der Waals surface area contributed by atoms with E-state index in [0.29, 0.717) is 5.00 Å². The highest BCUT2D eigenvalue weighted by Crippen LogP contribution is 2.28. The fourth-order valence-electron chi connectivity index (χ4n) is 1.56. The molecule has 2 aromatic rings. The van der Waals surface area contributed by atoms with Crippen LogP contribution < -0.4 is 5.32 Å². The molecule has 1 aromatic carbocycles.